The molecule has 0 aromatic heterocycles. The van der Waals surface area contributed by atoms with E-state index in [1.54, 1.807) is 6.07 Å². The number of aliphatic hydroxyl groups is 2. The number of halogens is 3. The van der Waals surface area contributed by atoms with Gasteiger partial charge in [-0.25, -0.2) is 0 Å². The molecular formula is C26H34F3NO7. The monoisotopic (exact) mass is 529 g/mol. The second-order valence-corrected chi connectivity index (χ2v) is 11.5. The zero-order valence-electron chi connectivity index (χ0n) is 21.0. The molecule has 2 heterocycles. The number of benzene rings is 1. The Hall–Kier alpha value is -2.08. The van der Waals surface area contributed by atoms with Crippen LogP contribution in [0.4, 0.5) is 13.2 Å². The molecule has 206 valence electrons. The van der Waals surface area contributed by atoms with E-state index in [4.69, 9.17) is 19.4 Å². The Labute approximate surface area is 213 Å². The van der Waals surface area contributed by atoms with Crippen molar-refractivity contribution < 1.29 is 52.3 Å². The fourth-order valence-electron chi connectivity index (χ4n) is 7.60. The van der Waals surface area contributed by atoms with Crippen LogP contribution in [0.1, 0.15) is 50.2 Å². The van der Waals surface area contributed by atoms with Crippen LogP contribution in [0.25, 0.3) is 0 Å². The lowest BCUT2D eigenvalue weighted by Crippen LogP contribution is -2.85. The number of nitrogens with zero attached hydrogens (tertiary/aromatic N) is 1. The van der Waals surface area contributed by atoms with Crippen LogP contribution >= 0.6 is 0 Å². The number of piperidine rings is 1. The van der Waals surface area contributed by atoms with Crippen LogP contribution in [0, 0.1) is 5.92 Å². The first kappa shape index (κ1) is 26.5. The Morgan fingerprint density at radius 3 is 2.59 bits per heavy atom. The summed E-state index contributed by atoms with van der Waals surface area (Å²) in [5.74, 6) is -1.67. The first-order valence-electron chi connectivity index (χ1n) is 13.0. The molecule has 1 saturated heterocycles. The number of carbonyl (C=O) groups excluding carboxylic acids is 1. The molecule has 2 unspecified atom stereocenters. The molecule has 5 aliphatic rings. The summed E-state index contributed by atoms with van der Waals surface area (Å²) < 4.78 is 45.0. The van der Waals surface area contributed by atoms with Crippen molar-refractivity contribution in [3.05, 3.63) is 23.3 Å². The molecule has 0 amide bonds. The number of likely N-dealkylation sites (tertiary alicyclic amines) is 1. The van der Waals surface area contributed by atoms with Crippen LogP contribution in [0.5, 0.6) is 11.5 Å². The Morgan fingerprint density at radius 2 is 2.00 bits per heavy atom. The number of carbonyl (C=O) groups is 1. The number of quaternary nitrogens is 1. The molecule has 2 aliphatic heterocycles. The van der Waals surface area contributed by atoms with E-state index in [2.05, 4.69) is 14.0 Å². The summed E-state index contributed by atoms with van der Waals surface area (Å²) in [7, 11) is 2.31. The Balaban J connectivity index is 0.000000355. The highest BCUT2D eigenvalue weighted by atomic mass is 19.4. The number of rotatable bonds is 5. The number of carboxylic acid groups (broad SMARTS) is 1. The van der Waals surface area contributed by atoms with Gasteiger partial charge >= 0.3 is 6.18 Å². The lowest BCUT2D eigenvalue weighted by Gasteiger charge is -2.67. The molecule has 6 rings (SSSR count). The Kier molecular flexibility index (Phi) is 6.25. The zero-order chi connectivity index (χ0) is 27.0. The number of aliphatic carboxylic acids is 1. The van der Waals surface area contributed by atoms with Gasteiger partial charge < -0.3 is 39.2 Å². The van der Waals surface area contributed by atoms with Gasteiger partial charge in [-0.15, -0.1) is 0 Å². The molecule has 1 spiro atoms. The summed E-state index contributed by atoms with van der Waals surface area (Å²) in [4.78, 5) is 8.78. The smallest absolute Gasteiger partial charge is 0.430 e. The van der Waals surface area contributed by atoms with Crippen LogP contribution in [0.3, 0.4) is 0 Å². The maximum absolute atomic E-state index is 12.8. The summed E-state index contributed by atoms with van der Waals surface area (Å²) in [5.41, 5.74) is 0.243. The van der Waals surface area contributed by atoms with Gasteiger partial charge in [-0.05, 0) is 30.9 Å². The number of carboxylic acids is 1. The number of phenols is 1. The van der Waals surface area contributed by atoms with Crippen molar-refractivity contribution in [1.82, 2.24) is 0 Å². The van der Waals surface area contributed by atoms with E-state index in [1.807, 2.05) is 6.07 Å². The summed E-state index contributed by atoms with van der Waals surface area (Å²) in [6.07, 6.45) is -1.59. The lowest BCUT2D eigenvalue weighted by atomic mass is 9.47. The van der Waals surface area contributed by atoms with E-state index < -0.39 is 41.5 Å². The third-order valence-corrected chi connectivity index (χ3v) is 9.23. The first-order chi connectivity index (χ1) is 17.3. The van der Waals surface area contributed by atoms with Crippen molar-refractivity contribution in [1.29, 1.82) is 0 Å². The van der Waals surface area contributed by atoms with E-state index in [-0.39, 0.29) is 11.8 Å². The largest absolute Gasteiger partial charge is 0.542 e. The Morgan fingerprint density at radius 1 is 1.32 bits per heavy atom. The molecule has 0 radical (unpaired) electrons. The van der Waals surface area contributed by atoms with E-state index in [0.29, 0.717) is 18.8 Å². The van der Waals surface area contributed by atoms with Gasteiger partial charge in [0.05, 0.1) is 37.8 Å². The van der Waals surface area contributed by atoms with Crippen molar-refractivity contribution in [3.8, 4) is 11.5 Å². The van der Waals surface area contributed by atoms with E-state index in [0.717, 1.165) is 53.9 Å². The van der Waals surface area contributed by atoms with Crippen LogP contribution < -0.4 is 9.84 Å². The van der Waals surface area contributed by atoms with E-state index >= 15 is 0 Å². The van der Waals surface area contributed by atoms with Crippen LogP contribution in [0.15, 0.2) is 12.1 Å². The molecule has 3 aliphatic carbocycles. The minimum Gasteiger partial charge on any atom is -0.542 e. The van der Waals surface area contributed by atoms with Gasteiger partial charge in [-0.3, -0.25) is 0 Å². The summed E-state index contributed by atoms with van der Waals surface area (Å²) in [6.45, 7) is 4.69. The predicted molar refractivity (Wildman–Crippen MR) is 122 cm³/mol. The fourth-order valence-corrected chi connectivity index (χ4v) is 7.60. The highest BCUT2D eigenvalue weighted by Crippen LogP contribution is 2.66. The molecule has 8 nitrogen and oxygen atoms in total. The second-order valence-electron chi connectivity index (χ2n) is 11.5. The van der Waals surface area contributed by atoms with Crippen LogP contribution in [-0.4, -0.2) is 88.6 Å². The highest BCUT2D eigenvalue weighted by Gasteiger charge is 2.79. The molecule has 7 atom stereocenters. The average Bonchev–Trinajstić information content (AvgIpc) is 3.54. The van der Waals surface area contributed by atoms with Gasteiger partial charge in [-0.1, -0.05) is 13.0 Å². The molecule has 37 heavy (non-hydrogen) atoms. The molecule has 1 aromatic rings. The highest BCUT2D eigenvalue weighted by molar-refractivity contribution is 5.70. The van der Waals surface area contributed by atoms with Crippen LogP contribution in [0.2, 0.25) is 0 Å². The van der Waals surface area contributed by atoms with Crippen molar-refractivity contribution in [3.63, 3.8) is 0 Å². The quantitative estimate of drug-likeness (QED) is 0.490. The number of ether oxygens (including phenoxy) is 2. The Bertz CT molecular complexity index is 1080. The van der Waals surface area contributed by atoms with Gasteiger partial charge in [-0.2, -0.15) is 13.2 Å². The second kappa shape index (κ2) is 8.72. The number of likely N-dealkylation sites (N-methyl/N-ethyl adjacent to an activating group) is 1. The minimum absolute atomic E-state index is 0.00435. The number of hydrogen-bond donors (Lipinski definition) is 3. The van der Waals surface area contributed by atoms with Crippen molar-refractivity contribution in [2.75, 3.05) is 26.7 Å². The van der Waals surface area contributed by atoms with Gasteiger partial charge in [0.2, 0.25) is 0 Å². The summed E-state index contributed by atoms with van der Waals surface area (Å²) >= 11 is 0. The maximum atomic E-state index is 12.8. The summed E-state index contributed by atoms with van der Waals surface area (Å²) in [5, 5.41) is 43.3. The molecule has 2 bridgehead atoms. The molecule has 11 heteroatoms. The zero-order valence-corrected chi connectivity index (χ0v) is 21.0. The van der Waals surface area contributed by atoms with E-state index in [9.17, 15) is 28.5 Å². The predicted octanol–water partition coefficient (Wildman–Crippen LogP) is 1.17. The number of phenolic OH excluding ortho intramolecular Hbond substituents is 1. The molecule has 3 N–H and O–H groups in total. The molecule has 1 aromatic carbocycles. The standard InChI is InChI=1S/C24H33NO5.C2HF3O2/c1-3-10-29-19-12-17(27)22-23-8-9-25(2,13-14-4-5-14)18(24(19,23)28)11-15-6-7-16(26)21(30-22)20(15)23;3-2(4,5)1(6)7/h6-7,14,17-19,22,27-28H,3-5,8-13H2,1-2H3;(H,6,7)/t17-,18-,19?,22+,23+,24+,25?;/m1./s1. The number of alkyl halides is 3. The molecule has 2 saturated carbocycles. The van der Waals surface area contributed by atoms with Crippen molar-refractivity contribution in [2.24, 2.45) is 5.92 Å². The molecular weight excluding hydrogens is 495 g/mol. The maximum Gasteiger partial charge on any atom is 0.430 e. The normalized spacial score (nSPS) is 39.2. The third-order valence-electron chi connectivity index (χ3n) is 9.23. The van der Waals surface area contributed by atoms with Crippen molar-refractivity contribution >= 4 is 5.97 Å². The van der Waals surface area contributed by atoms with Gasteiger partial charge in [0, 0.05) is 37.4 Å². The fraction of sp³-hybridized carbons (Fsp3) is 0.731. The van der Waals surface area contributed by atoms with Gasteiger partial charge in [0.25, 0.3) is 0 Å². The van der Waals surface area contributed by atoms with Gasteiger partial charge in [0.1, 0.15) is 18.1 Å². The number of hydrogen-bond acceptors (Lipinski definition) is 7. The van der Waals surface area contributed by atoms with E-state index in [1.165, 1.54) is 12.8 Å². The third kappa shape index (κ3) is 3.84. The topological polar surface area (TPSA) is 119 Å². The SMILES string of the molecule is CCCOC1C[C@@H](O)[C@@H]2Oc3c(O)ccc4c3[C@@]23CC[N+](C)(CC2CC2)[C@H](C4)[C@]13O.O=C([O-])C(F)(F)F. The van der Waals surface area contributed by atoms with Gasteiger partial charge in [0.15, 0.2) is 17.1 Å². The molecule has 3 fully saturated rings. The lowest BCUT2D eigenvalue weighted by molar-refractivity contribution is -0.951. The summed E-state index contributed by atoms with van der Waals surface area (Å²) in [6, 6.07) is 3.71. The average molecular weight is 530 g/mol. The van der Waals surface area contributed by atoms with Crippen molar-refractivity contribution in [2.45, 2.75) is 87.0 Å². The number of aliphatic hydroxyl groups excluding tert-OH is 1. The first-order valence-corrected chi connectivity index (χ1v) is 13.0. The number of aromatic hydroxyl groups is 1. The van der Waals surface area contributed by atoms with Crippen LogP contribution in [-0.2, 0) is 21.4 Å². The minimum atomic E-state index is -5.19.